The van der Waals surface area contributed by atoms with Crippen molar-refractivity contribution in [2.24, 2.45) is 5.73 Å². The minimum absolute atomic E-state index is 0.0711. The smallest absolute Gasteiger partial charge is 0.150 e. The lowest BCUT2D eigenvalue weighted by Crippen LogP contribution is -2.32. The highest BCUT2D eigenvalue weighted by molar-refractivity contribution is 6.30. The molecule has 0 saturated heterocycles. The van der Waals surface area contributed by atoms with Crippen molar-refractivity contribution in [2.45, 2.75) is 25.3 Å². The number of Topliss-reactive ketones (excluding diaryl/α,β-unsaturated/α-hetero) is 1. The molecule has 0 unspecified atom stereocenters. The average Bonchev–Trinajstić information content (AvgIpc) is 2.49. The molecule has 0 aliphatic carbocycles. The Hall–Kier alpha value is -1.71. The summed E-state index contributed by atoms with van der Waals surface area (Å²) in [5, 5.41) is 0.0773. The van der Waals surface area contributed by atoms with Crippen LogP contribution in [0.2, 0.25) is 5.02 Å². The highest BCUT2D eigenvalue weighted by Gasteiger charge is 2.15. The minimum atomic E-state index is -0.561. The number of carbonyl (C=O) groups excluding carboxylic acids is 1. The molecule has 2 aromatic rings. The van der Waals surface area contributed by atoms with E-state index >= 15 is 0 Å². The Morgan fingerprint density at radius 2 is 1.86 bits per heavy atom. The molecular weight excluding hydrogens is 289 g/mol. The minimum Gasteiger partial charge on any atom is -0.321 e. The highest BCUT2D eigenvalue weighted by atomic mass is 35.5. The molecule has 2 aromatic carbocycles. The largest absolute Gasteiger partial charge is 0.321 e. The molecule has 1 atom stereocenters. The maximum absolute atomic E-state index is 13.7. The molecule has 0 saturated carbocycles. The van der Waals surface area contributed by atoms with Crippen LogP contribution in [0.25, 0.3) is 0 Å². The Kier molecular flexibility index (Phi) is 5.48. The Balaban J connectivity index is 1.91. The number of rotatable bonds is 6. The van der Waals surface area contributed by atoms with Crippen molar-refractivity contribution < 1.29 is 9.18 Å². The van der Waals surface area contributed by atoms with Gasteiger partial charge in [-0.3, -0.25) is 4.79 Å². The van der Waals surface area contributed by atoms with Crippen LogP contribution in [0.4, 0.5) is 4.39 Å². The van der Waals surface area contributed by atoms with E-state index in [2.05, 4.69) is 0 Å². The van der Waals surface area contributed by atoms with Gasteiger partial charge in [0.2, 0.25) is 0 Å². The van der Waals surface area contributed by atoms with Gasteiger partial charge in [0, 0.05) is 6.42 Å². The SMILES string of the molecule is N[C@@H](Cc1ccccc1)C(=O)CCc1cccc(Cl)c1F. The van der Waals surface area contributed by atoms with E-state index in [4.69, 9.17) is 17.3 Å². The molecule has 0 bridgehead atoms. The predicted molar refractivity (Wildman–Crippen MR) is 82.9 cm³/mol. The predicted octanol–water partition coefficient (Wildman–Crippen LogP) is 3.55. The summed E-state index contributed by atoms with van der Waals surface area (Å²) in [7, 11) is 0. The quantitative estimate of drug-likeness (QED) is 0.887. The number of ketones is 1. The van der Waals surface area contributed by atoms with Crippen LogP contribution in [0.1, 0.15) is 17.5 Å². The standard InChI is InChI=1S/C17H17ClFNO/c18-14-8-4-7-13(17(14)19)9-10-16(21)15(20)11-12-5-2-1-3-6-12/h1-8,15H,9-11,20H2/t15-/m0/s1. The second-order valence-corrected chi connectivity index (χ2v) is 5.38. The van der Waals surface area contributed by atoms with E-state index in [0.717, 1.165) is 5.56 Å². The molecular formula is C17H17ClFNO. The van der Waals surface area contributed by atoms with Gasteiger partial charge in [-0.05, 0) is 30.0 Å². The van der Waals surface area contributed by atoms with Gasteiger partial charge in [0.1, 0.15) is 11.6 Å². The number of nitrogens with two attached hydrogens (primary N) is 1. The van der Waals surface area contributed by atoms with Gasteiger partial charge in [-0.1, -0.05) is 54.1 Å². The molecule has 0 aromatic heterocycles. The maximum Gasteiger partial charge on any atom is 0.150 e. The van der Waals surface area contributed by atoms with E-state index in [0.29, 0.717) is 18.4 Å². The highest BCUT2D eigenvalue weighted by Crippen LogP contribution is 2.19. The Bertz CT molecular complexity index is 615. The van der Waals surface area contributed by atoms with Crippen molar-refractivity contribution in [2.75, 3.05) is 0 Å². The summed E-state index contributed by atoms with van der Waals surface area (Å²) < 4.78 is 13.7. The topological polar surface area (TPSA) is 43.1 Å². The van der Waals surface area contributed by atoms with Gasteiger partial charge in [0.25, 0.3) is 0 Å². The van der Waals surface area contributed by atoms with Gasteiger partial charge in [0.05, 0.1) is 11.1 Å². The molecule has 4 heteroatoms. The first-order valence-electron chi connectivity index (χ1n) is 6.83. The lowest BCUT2D eigenvalue weighted by Gasteiger charge is -2.11. The third-order valence-corrected chi connectivity index (χ3v) is 3.68. The summed E-state index contributed by atoms with van der Waals surface area (Å²) >= 11 is 5.71. The van der Waals surface area contributed by atoms with Gasteiger partial charge >= 0.3 is 0 Å². The zero-order chi connectivity index (χ0) is 15.2. The number of carbonyl (C=O) groups is 1. The van der Waals surface area contributed by atoms with E-state index in [1.807, 2.05) is 30.3 Å². The molecule has 0 aliphatic rings. The fraction of sp³-hybridized carbons (Fsp3) is 0.235. The third kappa shape index (κ3) is 4.38. The fourth-order valence-corrected chi connectivity index (χ4v) is 2.36. The maximum atomic E-state index is 13.7. The van der Waals surface area contributed by atoms with Crippen molar-refractivity contribution in [3.63, 3.8) is 0 Å². The van der Waals surface area contributed by atoms with E-state index in [1.54, 1.807) is 12.1 Å². The number of halogens is 2. The molecule has 110 valence electrons. The van der Waals surface area contributed by atoms with E-state index in [9.17, 15) is 9.18 Å². The lowest BCUT2D eigenvalue weighted by atomic mass is 9.98. The summed E-state index contributed by atoms with van der Waals surface area (Å²) in [6, 6.07) is 13.8. The zero-order valence-electron chi connectivity index (χ0n) is 11.6. The number of hydrogen-bond acceptors (Lipinski definition) is 2. The molecule has 2 N–H and O–H groups in total. The second-order valence-electron chi connectivity index (χ2n) is 4.98. The monoisotopic (exact) mass is 305 g/mol. The van der Waals surface area contributed by atoms with E-state index in [1.165, 1.54) is 6.07 Å². The van der Waals surface area contributed by atoms with Crippen molar-refractivity contribution in [3.05, 3.63) is 70.5 Å². The Labute approximate surface area is 128 Å². The van der Waals surface area contributed by atoms with Crippen molar-refractivity contribution in [3.8, 4) is 0 Å². The fourth-order valence-electron chi connectivity index (χ4n) is 2.17. The number of aryl methyl sites for hydroxylation is 1. The first kappa shape index (κ1) is 15.7. The number of benzene rings is 2. The number of hydrogen-bond donors (Lipinski definition) is 1. The molecule has 0 aliphatic heterocycles. The first-order chi connectivity index (χ1) is 10.1. The molecule has 0 radical (unpaired) electrons. The third-order valence-electron chi connectivity index (χ3n) is 3.38. The van der Waals surface area contributed by atoms with Crippen LogP contribution >= 0.6 is 11.6 Å². The molecule has 2 rings (SSSR count). The summed E-state index contributed by atoms with van der Waals surface area (Å²) in [5.74, 6) is -0.526. The van der Waals surface area contributed by atoms with Crippen LogP contribution in [0, 0.1) is 5.82 Å². The van der Waals surface area contributed by atoms with Crippen LogP contribution in [-0.4, -0.2) is 11.8 Å². The van der Waals surface area contributed by atoms with Crippen LogP contribution in [0.5, 0.6) is 0 Å². The summed E-state index contributed by atoms with van der Waals surface area (Å²) in [6.07, 6.45) is 1.02. The van der Waals surface area contributed by atoms with Crippen LogP contribution in [-0.2, 0) is 17.6 Å². The summed E-state index contributed by atoms with van der Waals surface area (Å²) in [6.45, 7) is 0. The van der Waals surface area contributed by atoms with Crippen molar-refractivity contribution in [1.82, 2.24) is 0 Å². The van der Waals surface area contributed by atoms with Crippen LogP contribution in [0.15, 0.2) is 48.5 Å². The first-order valence-corrected chi connectivity index (χ1v) is 7.21. The van der Waals surface area contributed by atoms with Crippen LogP contribution in [0.3, 0.4) is 0 Å². The van der Waals surface area contributed by atoms with Gasteiger partial charge in [-0.15, -0.1) is 0 Å². The summed E-state index contributed by atoms with van der Waals surface area (Å²) in [4.78, 5) is 12.0. The van der Waals surface area contributed by atoms with Crippen molar-refractivity contribution in [1.29, 1.82) is 0 Å². The van der Waals surface area contributed by atoms with E-state index < -0.39 is 11.9 Å². The molecule has 2 nitrogen and oxygen atoms in total. The molecule has 21 heavy (non-hydrogen) atoms. The molecule has 0 amide bonds. The average molecular weight is 306 g/mol. The molecule has 0 heterocycles. The summed E-state index contributed by atoms with van der Waals surface area (Å²) in [5.41, 5.74) is 7.38. The van der Waals surface area contributed by atoms with Crippen molar-refractivity contribution >= 4 is 17.4 Å². The Morgan fingerprint density at radius 1 is 1.14 bits per heavy atom. The second kappa shape index (κ2) is 7.34. The van der Waals surface area contributed by atoms with Gasteiger partial charge < -0.3 is 5.73 Å². The van der Waals surface area contributed by atoms with E-state index in [-0.39, 0.29) is 17.2 Å². The normalized spacial score (nSPS) is 12.1. The Morgan fingerprint density at radius 3 is 2.57 bits per heavy atom. The van der Waals surface area contributed by atoms with Gasteiger partial charge in [0.15, 0.2) is 0 Å². The zero-order valence-corrected chi connectivity index (χ0v) is 12.3. The molecule has 0 fully saturated rings. The molecule has 0 spiro atoms. The lowest BCUT2D eigenvalue weighted by molar-refractivity contribution is -0.120. The van der Waals surface area contributed by atoms with Gasteiger partial charge in [-0.25, -0.2) is 4.39 Å². The van der Waals surface area contributed by atoms with Gasteiger partial charge in [-0.2, -0.15) is 0 Å². The van der Waals surface area contributed by atoms with Crippen LogP contribution < -0.4 is 5.73 Å².